The van der Waals surface area contributed by atoms with E-state index >= 15 is 0 Å². The molecule has 0 saturated carbocycles. The molecule has 0 heterocycles. The highest BCUT2D eigenvalue weighted by Gasteiger charge is 2.68. The van der Waals surface area contributed by atoms with Gasteiger partial charge in [-0.1, -0.05) is 26.0 Å². The van der Waals surface area contributed by atoms with Gasteiger partial charge in [-0.25, -0.2) is 0 Å². The van der Waals surface area contributed by atoms with E-state index in [-0.39, 0.29) is 12.8 Å². The van der Waals surface area contributed by atoms with Crippen LogP contribution in [-0.4, -0.2) is 12.4 Å². The van der Waals surface area contributed by atoms with Crippen LogP contribution in [0.3, 0.4) is 0 Å². The van der Waals surface area contributed by atoms with E-state index in [1.807, 2.05) is 0 Å². The van der Waals surface area contributed by atoms with E-state index in [1.165, 1.54) is 6.92 Å². The van der Waals surface area contributed by atoms with Crippen LogP contribution in [-0.2, 0) is 5.41 Å². The predicted molar refractivity (Wildman–Crippen MR) is 69.5 cm³/mol. The number of benzene rings is 1. The second-order valence-electron chi connectivity index (χ2n) is 5.78. The van der Waals surface area contributed by atoms with Gasteiger partial charge in [-0.3, -0.25) is 0 Å². The topological polar surface area (TPSA) is 0 Å². The Morgan fingerprint density at radius 2 is 1.29 bits per heavy atom. The minimum Gasteiger partial charge on any atom is -0.170 e. The van der Waals surface area contributed by atoms with Crippen LogP contribution in [0.1, 0.15) is 48.9 Å². The molecule has 0 spiro atoms. The zero-order valence-electron chi connectivity index (χ0n) is 12.5. The molecular formula is C15H18F6. The normalized spacial score (nSPS) is 13.9. The zero-order valence-corrected chi connectivity index (χ0v) is 12.5. The van der Waals surface area contributed by atoms with Crippen LogP contribution in [0.15, 0.2) is 12.1 Å². The number of hydrogen-bond donors (Lipinski definition) is 0. The molecule has 120 valence electrons. The summed E-state index contributed by atoms with van der Waals surface area (Å²) in [6.45, 7) is 6.90. The van der Waals surface area contributed by atoms with Crippen molar-refractivity contribution in [3.8, 4) is 0 Å². The molecule has 0 atom stereocenters. The molecule has 0 saturated heterocycles. The van der Waals surface area contributed by atoms with Crippen LogP contribution >= 0.6 is 0 Å². The largest absolute Gasteiger partial charge is 0.406 e. The zero-order chi connectivity index (χ0) is 16.8. The van der Waals surface area contributed by atoms with E-state index in [1.54, 1.807) is 20.8 Å². The lowest BCUT2D eigenvalue weighted by atomic mass is 9.77. The third-order valence-electron chi connectivity index (χ3n) is 4.04. The van der Waals surface area contributed by atoms with E-state index in [0.717, 1.165) is 17.7 Å². The predicted octanol–water partition coefficient (Wildman–Crippen LogP) is 5.81. The molecule has 0 aliphatic carbocycles. The Balaban J connectivity index is 3.70. The molecule has 0 bridgehead atoms. The van der Waals surface area contributed by atoms with Crippen molar-refractivity contribution in [3.63, 3.8) is 0 Å². The van der Waals surface area contributed by atoms with Gasteiger partial charge in [-0.2, -0.15) is 26.3 Å². The minimum atomic E-state index is -5.42. The van der Waals surface area contributed by atoms with E-state index in [4.69, 9.17) is 0 Å². The molecule has 0 amide bonds. The van der Waals surface area contributed by atoms with Gasteiger partial charge in [0.15, 0.2) is 5.41 Å². The van der Waals surface area contributed by atoms with E-state index in [9.17, 15) is 26.3 Å². The number of aryl methyl sites for hydroxylation is 1. The van der Waals surface area contributed by atoms with Crippen molar-refractivity contribution in [2.24, 2.45) is 0 Å². The van der Waals surface area contributed by atoms with Gasteiger partial charge in [-0.05, 0) is 48.9 Å². The highest BCUT2D eigenvalue weighted by molar-refractivity contribution is 5.43. The third-order valence-corrected chi connectivity index (χ3v) is 4.04. The Morgan fingerprint density at radius 1 is 0.857 bits per heavy atom. The summed E-state index contributed by atoms with van der Waals surface area (Å²) in [6.07, 6.45) is -10.8. The van der Waals surface area contributed by atoms with Gasteiger partial charge in [0, 0.05) is 0 Å². The molecule has 0 radical (unpaired) electrons. The van der Waals surface area contributed by atoms with Crippen molar-refractivity contribution in [2.45, 2.75) is 58.3 Å². The SMILES string of the molecule is Cc1cc(C(C)(C(F)(F)F)C(F)(F)F)cc(C(C)C)c1C. The summed E-state index contributed by atoms with van der Waals surface area (Å²) in [5, 5.41) is 0. The molecule has 1 aromatic rings. The maximum absolute atomic E-state index is 13.1. The van der Waals surface area contributed by atoms with Gasteiger partial charge >= 0.3 is 12.4 Å². The van der Waals surface area contributed by atoms with Crippen LogP contribution in [0.5, 0.6) is 0 Å². The van der Waals surface area contributed by atoms with Crippen LogP contribution in [0, 0.1) is 13.8 Å². The molecule has 0 aliphatic rings. The Labute approximate surface area is 120 Å². The second-order valence-corrected chi connectivity index (χ2v) is 5.78. The summed E-state index contributed by atoms with van der Waals surface area (Å²) in [4.78, 5) is 0. The van der Waals surface area contributed by atoms with Crippen LogP contribution in [0.4, 0.5) is 26.3 Å². The first-order valence-corrected chi connectivity index (χ1v) is 6.48. The first-order valence-electron chi connectivity index (χ1n) is 6.48. The smallest absolute Gasteiger partial charge is 0.170 e. The van der Waals surface area contributed by atoms with Gasteiger partial charge < -0.3 is 0 Å². The van der Waals surface area contributed by atoms with Crippen molar-refractivity contribution in [3.05, 3.63) is 34.4 Å². The fraction of sp³-hybridized carbons (Fsp3) is 0.600. The quantitative estimate of drug-likeness (QED) is 0.605. The lowest BCUT2D eigenvalue weighted by Crippen LogP contribution is -2.51. The van der Waals surface area contributed by atoms with Crippen LogP contribution in [0.25, 0.3) is 0 Å². The standard InChI is InChI=1S/C15H18F6/c1-8(2)12-7-11(6-9(3)10(12)4)13(5,14(16,17)18)15(19,20)21/h6-8H,1-5H3. The molecule has 0 N–H and O–H groups in total. The second kappa shape index (κ2) is 5.21. The Morgan fingerprint density at radius 3 is 1.62 bits per heavy atom. The average molecular weight is 312 g/mol. The molecular weight excluding hydrogens is 294 g/mol. The average Bonchev–Trinajstić information content (AvgIpc) is 2.27. The maximum Gasteiger partial charge on any atom is 0.406 e. The molecule has 0 unspecified atom stereocenters. The monoisotopic (exact) mass is 312 g/mol. The molecule has 0 fully saturated rings. The van der Waals surface area contributed by atoms with Crippen molar-refractivity contribution >= 4 is 0 Å². The summed E-state index contributed by atoms with van der Waals surface area (Å²) in [7, 11) is 0. The summed E-state index contributed by atoms with van der Waals surface area (Å²) < 4.78 is 78.8. The number of halogens is 6. The Hall–Kier alpha value is -1.20. The Bertz CT molecular complexity index is 508. The summed E-state index contributed by atoms with van der Waals surface area (Å²) in [5.41, 5.74) is -2.97. The van der Waals surface area contributed by atoms with Gasteiger partial charge in [0.1, 0.15) is 0 Å². The van der Waals surface area contributed by atoms with Crippen molar-refractivity contribution < 1.29 is 26.3 Å². The molecule has 0 aromatic heterocycles. The van der Waals surface area contributed by atoms with E-state index < -0.39 is 23.3 Å². The summed E-state index contributed by atoms with van der Waals surface area (Å²) in [6, 6.07) is 2.02. The van der Waals surface area contributed by atoms with Crippen molar-refractivity contribution in [1.82, 2.24) is 0 Å². The van der Waals surface area contributed by atoms with Crippen molar-refractivity contribution in [2.75, 3.05) is 0 Å². The highest BCUT2D eigenvalue weighted by atomic mass is 19.4. The number of rotatable bonds is 2. The van der Waals surface area contributed by atoms with Gasteiger partial charge in [-0.15, -0.1) is 0 Å². The van der Waals surface area contributed by atoms with Crippen LogP contribution < -0.4 is 0 Å². The molecule has 6 heteroatoms. The third kappa shape index (κ3) is 2.90. The molecule has 21 heavy (non-hydrogen) atoms. The lowest BCUT2D eigenvalue weighted by Gasteiger charge is -2.35. The summed E-state index contributed by atoms with van der Waals surface area (Å²) >= 11 is 0. The van der Waals surface area contributed by atoms with Crippen molar-refractivity contribution in [1.29, 1.82) is 0 Å². The van der Waals surface area contributed by atoms with Gasteiger partial charge in [0.05, 0.1) is 0 Å². The molecule has 1 rings (SSSR count). The minimum absolute atomic E-state index is 0.158. The summed E-state index contributed by atoms with van der Waals surface area (Å²) in [5.74, 6) is -0.158. The number of alkyl halides is 6. The Kier molecular flexibility index (Phi) is 4.43. The highest BCUT2D eigenvalue weighted by Crippen LogP contribution is 2.52. The van der Waals surface area contributed by atoms with E-state index in [0.29, 0.717) is 11.1 Å². The van der Waals surface area contributed by atoms with Gasteiger partial charge in [0.25, 0.3) is 0 Å². The van der Waals surface area contributed by atoms with Crippen LogP contribution in [0.2, 0.25) is 0 Å². The maximum atomic E-state index is 13.1. The fourth-order valence-electron chi connectivity index (χ4n) is 2.26. The number of hydrogen-bond acceptors (Lipinski definition) is 0. The molecule has 0 aliphatic heterocycles. The molecule has 1 aromatic carbocycles. The first kappa shape index (κ1) is 17.9. The first-order chi connectivity index (χ1) is 9.23. The van der Waals surface area contributed by atoms with E-state index in [2.05, 4.69) is 0 Å². The molecule has 0 nitrogen and oxygen atoms in total. The lowest BCUT2D eigenvalue weighted by molar-refractivity contribution is -0.297. The van der Waals surface area contributed by atoms with Gasteiger partial charge in [0.2, 0.25) is 0 Å². The fourth-order valence-corrected chi connectivity index (χ4v) is 2.26.